The van der Waals surface area contributed by atoms with Crippen LogP contribution in [0.15, 0.2) is 30.5 Å². The fourth-order valence-corrected chi connectivity index (χ4v) is 2.96. The van der Waals surface area contributed by atoms with Crippen molar-refractivity contribution in [2.45, 2.75) is 25.3 Å². The lowest BCUT2D eigenvalue weighted by atomic mass is 9.91. The molecule has 1 aromatic carbocycles. The molecule has 0 spiro atoms. The highest BCUT2D eigenvalue weighted by molar-refractivity contribution is 6.35. The number of hydrogen-bond donors (Lipinski definition) is 1. The van der Waals surface area contributed by atoms with Crippen molar-refractivity contribution >= 4 is 22.5 Å². The van der Waals surface area contributed by atoms with E-state index in [2.05, 4.69) is 23.3 Å². The van der Waals surface area contributed by atoms with Crippen LogP contribution in [-0.2, 0) is 0 Å². The number of aromatic nitrogens is 1. The van der Waals surface area contributed by atoms with Gasteiger partial charge >= 0.3 is 0 Å². The Bertz CT molecular complexity index is 553. The normalized spacial score (nSPS) is 24.4. The van der Waals surface area contributed by atoms with Crippen LogP contribution < -0.4 is 5.32 Å². The summed E-state index contributed by atoms with van der Waals surface area (Å²) in [5, 5.41) is 5.33. The minimum Gasteiger partial charge on any atom is -0.314 e. The summed E-state index contributed by atoms with van der Waals surface area (Å²) in [4.78, 5) is 4.51. The molecule has 0 saturated carbocycles. The molecule has 3 heteroatoms. The molecule has 3 rings (SSSR count). The van der Waals surface area contributed by atoms with Crippen LogP contribution in [0.2, 0.25) is 5.02 Å². The van der Waals surface area contributed by atoms with E-state index < -0.39 is 0 Å². The molecule has 0 amide bonds. The van der Waals surface area contributed by atoms with Crippen molar-refractivity contribution in [1.29, 1.82) is 0 Å². The zero-order valence-corrected chi connectivity index (χ0v) is 10.5. The smallest absolute Gasteiger partial charge is 0.0752 e. The number of rotatable bonds is 1. The number of hydrogen-bond acceptors (Lipinski definition) is 2. The van der Waals surface area contributed by atoms with E-state index in [1.54, 1.807) is 0 Å². The van der Waals surface area contributed by atoms with E-state index >= 15 is 0 Å². The Morgan fingerprint density at radius 1 is 1.35 bits per heavy atom. The number of pyridine rings is 1. The second-order valence-corrected chi connectivity index (χ2v) is 5.08. The van der Waals surface area contributed by atoms with Crippen molar-refractivity contribution in [3.63, 3.8) is 0 Å². The standard InChI is InChI=1S/C14H15ClN2/c1-9-10(6-8-16-9)11-4-5-13(15)12-3-2-7-17-14(11)12/h2-5,7,9-10,16H,6,8H2,1H3. The van der Waals surface area contributed by atoms with E-state index in [1.807, 2.05) is 24.4 Å². The van der Waals surface area contributed by atoms with Gasteiger partial charge in [-0.25, -0.2) is 0 Å². The Hall–Kier alpha value is -1.12. The summed E-state index contributed by atoms with van der Waals surface area (Å²) >= 11 is 6.22. The van der Waals surface area contributed by atoms with E-state index in [4.69, 9.17) is 11.6 Å². The first kappa shape index (κ1) is 11.0. The predicted molar refractivity (Wildman–Crippen MR) is 71.6 cm³/mol. The van der Waals surface area contributed by atoms with Gasteiger partial charge in [0.05, 0.1) is 5.52 Å². The monoisotopic (exact) mass is 246 g/mol. The molecule has 2 nitrogen and oxygen atoms in total. The number of fused-ring (bicyclic) bond motifs is 1. The van der Waals surface area contributed by atoms with Crippen molar-refractivity contribution in [3.8, 4) is 0 Å². The van der Waals surface area contributed by atoms with Gasteiger partial charge in [-0.3, -0.25) is 4.98 Å². The Morgan fingerprint density at radius 3 is 3.00 bits per heavy atom. The highest BCUT2D eigenvalue weighted by Gasteiger charge is 2.26. The zero-order chi connectivity index (χ0) is 11.8. The van der Waals surface area contributed by atoms with Crippen molar-refractivity contribution in [3.05, 3.63) is 41.0 Å². The van der Waals surface area contributed by atoms with Crippen LogP contribution in [-0.4, -0.2) is 17.6 Å². The summed E-state index contributed by atoms with van der Waals surface area (Å²) in [6, 6.07) is 8.62. The van der Waals surface area contributed by atoms with Crippen molar-refractivity contribution in [2.24, 2.45) is 0 Å². The molecule has 1 aromatic heterocycles. The molecule has 17 heavy (non-hydrogen) atoms. The first-order chi connectivity index (χ1) is 8.27. The van der Waals surface area contributed by atoms with Crippen molar-refractivity contribution in [1.82, 2.24) is 10.3 Å². The number of nitrogens with zero attached hydrogens (tertiary/aromatic N) is 1. The van der Waals surface area contributed by atoms with E-state index in [1.165, 1.54) is 12.0 Å². The molecule has 1 saturated heterocycles. The number of benzene rings is 1. The molecule has 1 aliphatic heterocycles. The van der Waals surface area contributed by atoms with Crippen molar-refractivity contribution in [2.75, 3.05) is 6.54 Å². The summed E-state index contributed by atoms with van der Waals surface area (Å²) in [6.07, 6.45) is 3.02. The van der Waals surface area contributed by atoms with Crippen LogP contribution in [0.1, 0.15) is 24.8 Å². The third-order valence-electron chi connectivity index (χ3n) is 3.67. The summed E-state index contributed by atoms with van der Waals surface area (Å²) in [6.45, 7) is 3.32. The molecule has 1 fully saturated rings. The van der Waals surface area contributed by atoms with Crippen LogP contribution in [0, 0.1) is 0 Å². The van der Waals surface area contributed by atoms with Gasteiger partial charge in [0.15, 0.2) is 0 Å². The summed E-state index contributed by atoms with van der Waals surface area (Å²) in [7, 11) is 0. The minimum atomic E-state index is 0.515. The average Bonchev–Trinajstić information content (AvgIpc) is 2.77. The summed E-state index contributed by atoms with van der Waals surface area (Å²) in [5.74, 6) is 0.546. The largest absolute Gasteiger partial charge is 0.314 e. The Balaban J connectivity index is 2.20. The zero-order valence-electron chi connectivity index (χ0n) is 9.78. The van der Waals surface area contributed by atoms with E-state index in [0.29, 0.717) is 12.0 Å². The Labute approximate surface area is 106 Å². The van der Waals surface area contributed by atoms with Gasteiger partial charge in [-0.15, -0.1) is 0 Å². The summed E-state index contributed by atoms with van der Waals surface area (Å²) < 4.78 is 0. The maximum Gasteiger partial charge on any atom is 0.0752 e. The molecular weight excluding hydrogens is 232 g/mol. The van der Waals surface area contributed by atoms with Crippen LogP contribution >= 0.6 is 11.6 Å². The molecule has 2 aromatic rings. The first-order valence-corrected chi connectivity index (χ1v) is 6.41. The maximum absolute atomic E-state index is 6.22. The van der Waals surface area contributed by atoms with Crippen molar-refractivity contribution < 1.29 is 0 Å². The average molecular weight is 247 g/mol. The summed E-state index contributed by atoms with van der Waals surface area (Å²) in [5.41, 5.74) is 2.38. The van der Waals surface area contributed by atoms with E-state index in [0.717, 1.165) is 22.5 Å². The SMILES string of the molecule is CC1NCCC1c1ccc(Cl)c2cccnc12. The second-order valence-electron chi connectivity index (χ2n) is 4.67. The van der Waals surface area contributed by atoms with Crippen LogP contribution in [0.5, 0.6) is 0 Å². The fourth-order valence-electron chi connectivity index (χ4n) is 2.74. The maximum atomic E-state index is 6.22. The first-order valence-electron chi connectivity index (χ1n) is 6.04. The van der Waals surface area contributed by atoms with Gasteiger partial charge in [0.25, 0.3) is 0 Å². The third-order valence-corrected chi connectivity index (χ3v) is 4.00. The lowest BCUT2D eigenvalue weighted by Gasteiger charge is -2.17. The van der Waals surface area contributed by atoms with E-state index in [-0.39, 0.29) is 0 Å². The Morgan fingerprint density at radius 2 is 2.24 bits per heavy atom. The van der Waals surface area contributed by atoms with Gasteiger partial charge in [-0.1, -0.05) is 17.7 Å². The molecule has 1 aliphatic rings. The van der Waals surface area contributed by atoms with Gasteiger partial charge in [-0.05, 0) is 43.7 Å². The molecule has 1 N–H and O–H groups in total. The molecule has 2 heterocycles. The molecule has 2 unspecified atom stereocenters. The fraction of sp³-hybridized carbons (Fsp3) is 0.357. The van der Waals surface area contributed by atoms with Gasteiger partial charge in [0.2, 0.25) is 0 Å². The van der Waals surface area contributed by atoms with Gasteiger partial charge in [0.1, 0.15) is 0 Å². The number of halogens is 1. The molecule has 0 aliphatic carbocycles. The highest BCUT2D eigenvalue weighted by Crippen LogP contribution is 2.34. The molecule has 88 valence electrons. The molecule has 0 bridgehead atoms. The van der Waals surface area contributed by atoms with Gasteiger partial charge < -0.3 is 5.32 Å². The van der Waals surface area contributed by atoms with Crippen LogP contribution in [0.25, 0.3) is 10.9 Å². The number of nitrogens with one attached hydrogen (secondary N) is 1. The quantitative estimate of drug-likeness (QED) is 0.835. The third kappa shape index (κ3) is 1.81. The molecule has 2 atom stereocenters. The van der Waals surface area contributed by atoms with Gasteiger partial charge in [0, 0.05) is 28.6 Å². The lowest BCUT2D eigenvalue weighted by Crippen LogP contribution is -2.21. The van der Waals surface area contributed by atoms with Crippen LogP contribution in [0.4, 0.5) is 0 Å². The van der Waals surface area contributed by atoms with E-state index in [9.17, 15) is 0 Å². The minimum absolute atomic E-state index is 0.515. The Kier molecular flexibility index (Phi) is 2.77. The highest BCUT2D eigenvalue weighted by atomic mass is 35.5. The molecular formula is C14H15ClN2. The predicted octanol–water partition coefficient (Wildman–Crippen LogP) is 3.35. The topological polar surface area (TPSA) is 24.9 Å². The van der Waals surface area contributed by atoms with Crippen LogP contribution in [0.3, 0.4) is 0 Å². The lowest BCUT2D eigenvalue weighted by molar-refractivity contribution is 0.597. The second kappa shape index (κ2) is 4.28. The van der Waals surface area contributed by atoms with Gasteiger partial charge in [-0.2, -0.15) is 0 Å². The molecule has 0 radical (unpaired) electrons.